The molecule has 21 heavy (non-hydrogen) atoms. The summed E-state index contributed by atoms with van der Waals surface area (Å²) in [5.74, 6) is 0.108. The van der Waals surface area contributed by atoms with Crippen LogP contribution in [0, 0.1) is 0 Å². The van der Waals surface area contributed by atoms with Crippen LogP contribution in [0.25, 0.3) is 0 Å². The number of hydrogen-bond acceptors (Lipinski definition) is 3. The lowest BCUT2D eigenvalue weighted by Crippen LogP contribution is -2.04. The highest BCUT2D eigenvalue weighted by Crippen LogP contribution is 2.24. The van der Waals surface area contributed by atoms with Crippen molar-refractivity contribution in [3.05, 3.63) is 57.5 Å². The van der Waals surface area contributed by atoms with E-state index in [1.54, 1.807) is 31.2 Å². The first-order valence-corrected chi connectivity index (χ1v) is 9.25. The number of nitrogens with one attached hydrogen (secondary N) is 1. The van der Waals surface area contributed by atoms with Crippen LogP contribution >= 0.6 is 27.5 Å². The Kier molecular flexibility index (Phi) is 5.30. The Balaban J connectivity index is 2.05. The smallest absolute Gasteiger partial charge is 0.178 e. The molecule has 0 saturated carbocycles. The fourth-order valence-corrected chi connectivity index (χ4v) is 3.13. The van der Waals surface area contributed by atoms with Gasteiger partial charge in [-0.05, 0) is 57.9 Å². The van der Waals surface area contributed by atoms with E-state index in [0.29, 0.717) is 16.5 Å². The van der Waals surface area contributed by atoms with Gasteiger partial charge in [0.1, 0.15) is 0 Å². The number of anilines is 1. The van der Waals surface area contributed by atoms with E-state index in [2.05, 4.69) is 21.2 Å². The average Bonchev–Trinajstić information content (AvgIpc) is 2.49. The molecule has 112 valence electrons. The molecule has 0 spiro atoms. The largest absolute Gasteiger partial charge is 0.381 e. The van der Waals surface area contributed by atoms with Gasteiger partial charge in [-0.1, -0.05) is 24.6 Å². The van der Waals surface area contributed by atoms with E-state index in [-0.39, 0.29) is 5.75 Å². The first-order valence-electron chi connectivity index (χ1n) is 6.43. The molecule has 1 N–H and O–H groups in total. The summed E-state index contributed by atoms with van der Waals surface area (Å²) in [5.41, 5.74) is 1.91. The quantitative estimate of drug-likeness (QED) is 0.820. The highest BCUT2D eigenvalue weighted by atomic mass is 79.9. The van der Waals surface area contributed by atoms with E-state index in [0.717, 1.165) is 15.7 Å². The summed E-state index contributed by atoms with van der Waals surface area (Å²) in [6.45, 7) is 2.26. The molecule has 2 rings (SSSR count). The Morgan fingerprint density at radius 2 is 1.81 bits per heavy atom. The van der Waals surface area contributed by atoms with Gasteiger partial charge in [0.25, 0.3) is 0 Å². The second-order valence-corrected chi connectivity index (χ2v) is 8.07. The van der Waals surface area contributed by atoms with E-state index < -0.39 is 9.84 Å². The molecule has 0 aliphatic heterocycles. The van der Waals surface area contributed by atoms with Crippen molar-refractivity contribution in [3.8, 4) is 0 Å². The minimum absolute atomic E-state index is 0.108. The zero-order chi connectivity index (χ0) is 15.5. The molecule has 0 unspecified atom stereocenters. The molecule has 0 radical (unpaired) electrons. The summed E-state index contributed by atoms with van der Waals surface area (Å²) < 4.78 is 24.3. The maximum absolute atomic E-state index is 11.7. The lowest BCUT2D eigenvalue weighted by atomic mass is 10.2. The Hall–Kier alpha value is -1.04. The van der Waals surface area contributed by atoms with Crippen molar-refractivity contribution < 1.29 is 8.42 Å². The molecule has 0 heterocycles. The van der Waals surface area contributed by atoms with E-state index in [4.69, 9.17) is 11.6 Å². The maximum Gasteiger partial charge on any atom is 0.178 e. The maximum atomic E-state index is 11.7. The Labute approximate surface area is 138 Å². The van der Waals surface area contributed by atoms with Gasteiger partial charge in [-0.25, -0.2) is 8.42 Å². The van der Waals surface area contributed by atoms with Crippen LogP contribution in [0.2, 0.25) is 5.02 Å². The second kappa shape index (κ2) is 6.81. The lowest BCUT2D eigenvalue weighted by molar-refractivity contribution is 0.597. The van der Waals surface area contributed by atoms with Crippen molar-refractivity contribution in [1.29, 1.82) is 0 Å². The molecule has 2 aromatic rings. The summed E-state index contributed by atoms with van der Waals surface area (Å²) >= 11 is 9.39. The van der Waals surface area contributed by atoms with Crippen LogP contribution in [0.3, 0.4) is 0 Å². The summed E-state index contributed by atoms with van der Waals surface area (Å²) in [5, 5.41) is 3.90. The van der Waals surface area contributed by atoms with E-state index in [1.807, 2.05) is 18.2 Å². The number of hydrogen-bond donors (Lipinski definition) is 1. The van der Waals surface area contributed by atoms with Gasteiger partial charge in [-0.3, -0.25) is 0 Å². The zero-order valence-corrected chi connectivity index (χ0v) is 14.6. The first kappa shape index (κ1) is 16.3. The van der Waals surface area contributed by atoms with E-state index in [9.17, 15) is 8.42 Å². The van der Waals surface area contributed by atoms with Crippen molar-refractivity contribution in [3.63, 3.8) is 0 Å². The predicted molar refractivity (Wildman–Crippen MR) is 90.6 cm³/mol. The van der Waals surface area contributed by atoms with Crippen molar-refractivity contribution in [2.75, 3.05) is 11.1 Å². The summed E-state index contributed by atoms with van der Waals surface area (Å²) in [6.07, 6.45) is 0. The van der Waals surface area contributed by atoms with Crippen molar-refractivity contribution in [1.82, 2.24) is 0 Å². The number of rotatable bonds is 5. The van der Waals surface area contributed by atoms with Gasteiger partial charge in [0.15, 0.2) is 9.84 Å². The van der Waals surface area contributed by atoms with Crippen molar-refractivity contribution >= 4 is 43.1 Å². The van der Waals surface area contributed by atoms with Gasteiger partial charge in [0.2, 0.25) is 0 Å². The molecule has 0 aromatic heterocycles. The molecule has 0 bridgehead atoms. The second-order valence-electron chi connectivity index (χ2n) is 4.53. The normalized spacial score (nSPS) is 11.4. The van der Waals surface area contributed by atoms with Crippen molar-refractivity contribution in [2.45, 2.75) is 18.4 Å². The van der Waals surface area contributed by atoms with Gasteiger partial charge in [0, 0.05) is 16.7 Å². The predicted octanol–water partition coefficient (Wildman–Crippen LogP) is 4.51. The van der Waals surface area contributed by atoms with Crippen LogP contribution in [-0.2, 0) is 16.4 Å². The third kappa shape index (κ3) is 4.22. The van der Waals surface area contributed by atoms with Crippen LogP contribution < -0.4 is 5.32 Å². The topological polar surface area (TPSA) is 46.2 Å². The van der Waals surface area contributed by atoms with E-state index in [1.165, 1.54) is 0 Å². The number of benzene rings is 2. The standard InChI is InChI=1S/C15H15BrClNO2S/c1-2-21(19,20)13-6-4-12(5-7-13)18-10-11-3-8-14(16)15(17)9-11/h3-9,18H,2,10H2,1H3. The van der Waals surface area contributed by atoms with Crippen LogP contribution in [-0.4, -0.2) is 14.2 Å². The SMILES string of the molecule is CCS(=O)(=O)c1ccc(NCc2ccc(Br)c(Cl)c2)cc1. The molecule has 0 atom stereocenters. The molecule has 0 amide bonds. The third-order valence-electron chi connectivity index (χ3n) is 3.07. The molecule has 0 aliphatic rings. The van der Waals surface area contributed by atoms with Gasteiger partial charge < -0.3 is 5.32 Å². The van der Waals surface area contributed by atoms with Crippen LogP contribution in [0.15, 0.2) is 51.8 Å². The van der Waals surface area contributed by atoms with Gasteiger partial charge in [0.05, 0.1) is 15.7 Å². The zero-order valence-electron chi connectivity index (χ0n) is 11.4. The molecular formula is C15H15BrClNO2S. The molecule has 0 saturated heterocycles. The minimum Gasteiger partial charge on any atom is -0.381 e. The van der Waals surface area contributed by atoms with Crippen molar-refractivity contribution in [2.24, 2.45) is 0 Å². The monoisotopic (exact) mass is 387 g/mol. The Morgan fingerprint density at radius 1 is 1.14 bits per heavy atom. The van der Waals surface area contributed by atoms with Gasteiger partial charge in [-0.2, -0.15) is 0 Å². The van der Waals surface area contributed by atoms with E-state index >= 15 is 0 Å². The molecule has 0 fully saturated rings. The summed E-state index contributed by atoms with van der Waals surface area (Å²) in [7, 11) is -3.14. The third-order valence-corrected chi connectivity index (χ3v) is 6.06. The van der Waals surface area contributed by atoms with Crippen LogP contribution in [0.1, 0.15) is 12.5 Å². The average molecular weight is 389 g/mol. The Bertz CT molecular complexity index is 730. The molecule has 0 aliphatic carbocycles. The molecule has 3 nitrogen and oxygen atoms in total. The number of sulfone groups is 1. The minimum atomic E-state index is -3.14. The lowest BCUT2D eigenvalue weighted by Gasteiger charge is -2.08. The van der Waals surface area contributed by atoms with Crippen LogP contribution in [0.4, 0.5) is 5.69 Å². The van der Waals surface area contributed by atoms with Gasteiger partial charge in [-0.15, -0.1) is 0 Å². The molecule has 6 heteroatoms. The fraction of sp³-hybridized carbons (Fsp3) is 0.200. The highest BCUT2D eigenvalue weighted by molar-refractivity contribution is 9.10. The summed E-state index contributed by atoms with van der Waals surface area (Å²) in [6, 6.07) is 12.5. The fourth-order valence-electron chi connectivity index (χ4n) is 1.80. The van der Waals surface area contributed by atoms with Gasteiger partial charge >= 0.3 is 0 Å². The Morgan fingerprint density at radius 3 is 2.38 bits per heavy atom. The molecular weight excluding hydrogens is 374 g/mol. The molecule has 2 aromatic carbocycles. The summed E-state index contributed by atoms with van der Waals surface area (Å²) in [4.78, 5) is 0.349. The van der Waals surface area contributed by atoms with Crippen LogP contribution in [0.5, 0.6) is 0 Å². The highest BCUT2D eigenvalue weighted by Gasteiger charge is 2.10. The first-order chi connectivity index (χ1) is 9.92. The number of halogens is 2.